The lowest BCUT2D eigenvalue weighted by Gasteiger charge is -2.05. The van der Waals surface area contributed by atoms with Crippen LogP contribution >= 0.6 is 23.6 Å². The molecule has 0 aliphatic carbocycles. The van der Waals surface area contributed by atoms with E-state index in [4.69, 9.17) is 12.2 Å². The molecule has 0 aliphatic heterocycles. The maximum atomic E-state index is 12.4. The Balaban J connectivity index is 1.91. The van der Waals surface area contributed by atoms with Crippen LogP contribution in [0.1, 0.15) is 28.7 Å². The quantitative estimate of drug-likeness (QED) is 0.697. The smallest absolute Gasteiger partial charge is 0.261 e. The number of fused-ring (bicyclic) bond motifs is 1. The first-order valence-corrected chi connectivity index (χ1v) is 8.59. The van der Waals surface area contributed by atoms with Gasteiger partial charge in [0.15, 0.2) is 4.77 Å². The van der Waals surface area contributed by atoms with E-state index in [1.165, 1.54) is 15.9 Å². The molecule has 0 fully saturated rings. The van der Waals surface area contributed by atoms with Crippen LogP contribution in [0, 0.1) is 4.77 Å². The lowest BCUT2D eigenvalue weighted by atomic mass is 10.1. The molecule has 0 saturated heterocycles. The van der Waals surface area contributed by atoms with Crippen molar-refractivity contribution in [2.24, 2.45) is 7.05 Å². The average Bonchev–Trinajstić information content (AvgIpc) is 2.99. The molecular weight excluding hydrogens is 346 g/mol. The Bertz CT molecular complexity index is 1030. The largest absolute Gasteiger partial charge is 0.332 e. The van der Waals surface area contributed by atoms with E-state index in [0.29, 0.717) is 26.4 Å². The highest BCUT2D eigenvalue weighted by Crippen LogP contribution is 2.18. The molecule has 0 unspecified atom stereocenters. The number of H-pyrrole nitrogens is 1. The summed E-state index contributed by atoms with van der Waals surface area (Å²) >= 11 is 6.46. The van der Waals surface area contributed by atoms with Crippen LogP contribution in [0.4, 0.5) is 5.13 Å². The fraction of sp³-hybridized carbons (Fsp3) is 0.267. The van der Waals surface area contributed by atoms with E-state index < -0.39 is 0 Å². The Morgan fingerprint density at radius 3 is 2.96 bits per heavy atom. The summed E-state index contributed by atoms with van der Waals surface area (Å²) < 4.78 is 1.66. The lowest BCUT2D eigenvalue weighted by molar-refractivity contribution is 0.102. The van der Waals surface area contributed by atoms with Crippen molar-refractivity contribution >= 4 is 45.5 Å². The molecule has 0 saturated carbocycles. The monoisotopic (exact) mass is 361 g/mol. The van der Waals surface area contributed by atoms with Crippen LogP contribution in [-0.2, 0) is 13.5 Å². The standard InChI is InChI=1S/C15H15N5O2S2/c1-3-4-11-18-19-14(24-11)17-12(21)8-5-6-9-10(7-8)16-15(23)20(2)13(9)22/h5-7H,3-4H2,1-2H3,(H,16,23)(H,17,19,21). The molecular formula is C15H15N5O2S2. The Morgan fingerprint density at radius 2 is 2.21 bits per heavy atom. The van der Waals surface area contributed by atoms with Gasteiger partial charge < -0.3 is 4.98 Å². The minimum atomic E-state index is -0.309. The van der Waals surface area contributed by atoms with Crippen molar-refractivity contribution in [3.63, 3.8) is 0 Å². The minimum absolute atomic E-state index is 0.200. The van der Waals surface area contributed by atoms with E-state index in [1.807, 2.05) is 0 Å². The van der Waals surface area contributed by atoms with E-state index >= 15 is 0 Å². The van der Waals surface area contributed by atoms with Gasteiger partial charge >= 0.3 is 0 Å². The number of carbonyl (C=O) groups is 1. The van der Waals surface area contributed by atoms with Gasteiger partial charge in [0.1, 0.15) is 5.01 Å². The number of rotatable bonds is 4. The molecule has 3 rings (SSSR count). The minimum Gasteiger partial charge on any atom is -0.332 e. The zero-order chi connectivity index (χ0) is 17.3. The summed E-state index contributed by atoms with van der Waals surface area (Å²) in [4.78, 5) is 27.5. The van der Waals surface area contributed by atoms with Crippen molar-refractivity contribution in [1.82, 2.24) is 19.7 Å². The van der Waals surface area contributed by atoms with Crippen molar-refractivity contribution in [1.29, 1.82) is 0 Å². The highest BCUT2D eigenvalue weighted by Gasteiger charge is 2.12. The van der Waals surface area contributed by atoms with Crippen LogP contribution in [0.25, 0.3) is 10.9 Å². The van der Waals surface area contributed by atoms with Crippen molar-refractivity contribution < 1.29 is 4.79 Å². The van der Waals surface area contributed by atoms with Crippen molar-refractivity contribution in [3.05, 3.63) is 43.9 Å². The molecule has 2 N–H and O–H groups in total. The maximum absolute atomic E-state index is 12.4. The Labute approximate surface area is 146 Å². The molecule has 1 aromatic carbocycles. The van der Waals surface area contributed by atoms with Crippen LogP contribution in [0.15, 0.2) is 23.0 Å². The highest BCUT2D eigenvalue weighted by molar-refractivity contribution is 7.71. The molecule has 0 aliphatic rings. The van der Waals surface area contributed by atoms with Crippen LogP contribution in [-0.4, -0.2) is 25.7 Å². The highest BCUT2D eigenvalue weighted by atomic mass is 32.1. The van der Waals surface area contributed by atoms with Gasteiger partial charge in [0, 0.05) is 19.0 Å². The summed E-state index contributed by atoms with van der Waals surface area (Å²) in [7, 11) is 1.60. The molecule has 7 nitrogen and oxygen atoms in total. The Kier molecular flexibility index (Phi) is 4.54. The number of aromatic amines is 1. The number of hydrogen-bond acceptors (Lipinski definition) is 6. The topological polar surface area (TPSA) is 92.7 Å². The molecule has 0 bridgehead atoms. The molecule has 24 heavy (non-hydrogen) atoms. The number of nitrogens with one attached hydrogen (secondary N) is 2. The molecule has 3 aromatic rings. The molecule has 0 spiro atoms. The SMILES string of the molecule is CCCc1nnc(NC(=O)c2ccc3c(=O)n(C)c(=S)[nH]c3c2)s1. The normalized spacial score (nSPS) is 10.9. The number of anilines is 1. The van der Waals surface area contributed by atoms with E-state index in [2.05, 4.69) is 27.4 Å². The second-order valence-electron chi connectivity index (χ2n) is 5.26. The lowest BCUT2D eigenvalue weighted by Crippen LogP contribution is -2.19. The van der Waals surface area contributed by atoms with E-state index in [1.54, 1.807) is 25.2 Å². The Morgan fingerprint density at radius 1 is 1.42 bits per heavy atom. The molecule has 2 heterocycles. The van der Waals surface area contributed by atoms with Crippen LogP contribution in [0.3, 0.4) is 0 Å². The molecule has 2 aromatic heterocycles. The van der Waals surface area contributed by atoms with Gasteiger partial charge in [-0.15, -0.1) is 10.2 Å². The van der Waals surface area contributed by atoms with Crippen LogP contribution in [0.5, 0.6) is 0 Å². The third-order valence-electron chi connectivity index (χ3n) is 3.51. The number of benzene rings is 1. The van der Waals surface area contributed by atoms with Gasteiger partial charge in [-0.1, -0.05) is 18.3 Å². The molecule has 9 heteroatoms. The van der Waals surface area contributed by atoms with E-state index in [9.17, 15) is 9.59 Å². The second kappa shape index (κ2) is 6.62. The van der Waals surface area contributed by atoms with Gasteiger partial charge in [-0.05, 0) is 36.8 Å². The average molecular weight is 361 g/mol. The van der Waals surface area contributed by atoms with Crippen molar-refractivity contribution in [2.45, 2.75) is 19.8 Å². The number of hydrogen-bond donors (Lipinski definition) is 2. The number of amides is 1. The maximum Gasteiger partial charge on any atom is 0.261 e. The van der Waals surface area contributed by atoms with Crippen molar-refractivity contribution in [3.8, 4) is 0 Å². The third kappa shape index (κ3) is 3.13. The predicted octanol–water partition coefficient (Wildman–Crippen LogP) is 2.65. The molecule has 1 amide bonds. The summed E-state index contributed by atoms with van der Waals surface area (Å²) in [5.41, 5.74) is 0.738. The molecule has 0 radical (unpaired) electrons. The van der Waals surface area contributed by atoms with Crippen LogP contribution < -0.4 is 10.9 Å². The fourth-order valence-electron chi connectivity index (χ4n) is 2.24. The first-order chi connectivity index (χ1) is 11.5. The number of aryl methyl sites for hydroxylation is 1. The third-order valence-corrected chi connectivity index (χ3v) is 4.79. The Hall–Kier alpha value is -2.39. The fourth-order valence-corrected chi connectivity index (χ4v) is 3.26. The molecule has 0 atom stereocenters. The predicted molar refractivity (Wildman–Crippen MR) is 96.2 cm³/mol. The summed E-state index contributed by atoms with van der Waals surface area (Å²) in [6, 6.07) is 4.82. The van der Waals surface area contributed by atoms with Gasteiger partial charge in [-0.25, -0.2) is 0 Å². The second-order valence-corrected chi connectivity index (χ2v) is 6.71. The number of aromatic nitrogens is 4. The molecule has 124 valence electrons. The van der Waals surface area contributed by atoms with Gasteiger partial charge in [0.25, 0.3) is 11.5 Å². The number of carbonyl (C=O) groups excluding carboxylic acids is 1. The van der Waals surface area contributed by atoms with Gasteiger partial charge in [-0.2, -0.15) is 0 Å². The summed E-state index contributed by atoms with van der Waals surface area (Å²) in [6.45, 7) is 2.06. The van der Waals surface area contributed by atoms with E-state index in [-0.39, 0.29) is 11.5 Å². The first-order valence-electron chi connectivity index (χ1n) is 7.36. The van der Waals surface area contributed by atoms with Gasteiger partial charge in [0.05, 0.1) is 10.9 Å². The van der Waals surface area contributed by atoms with Crippen LogP contribution in [0.2, 0.25) is 0 Å². The zero-order valence-corrected chi connectivity index (χ0v) is 14.8. The summed E-state index contributed by atoms with van der Waals surface area (Å²) in [5, 5.41) is 12.5. The van der Waals surface area contributed by atoms with Gasteiger partial charge in [-0.3, -0.25) is 19.5 Å². The van der Waals surface area contributed by atoms with Crippen molar-refractivity contribution in [2.75, 3.05) is 5.32 Å². The summed E-state index contributed by atoms with van der Waals surface area (Å²) in [6.07, 6.45) is 1.81. The van der Waals surface area contributed by atoms with Gasteiger partial charge in [0.2, 0.25) is 5.13 Å². The summed E-state index contributed by atoms with van der Waals surface area (Å²) in [5.74, 6) is -0.309. The number of nitrogens with zero attached hydrogens (tertiary/aromatic N) is 3. The zero-order valence-electron chi connectivity index (χ0n) is 13.1. The van der Waals surface area contributed by atoms with E-state index in [0.717, 1.165) is 17.8 Å². The first kappa shape index (κ1) is 16.5.